The number of nitrogens with one attached hydrogen (secondary N) is 1. The molecule has 1 N–H and O–H groups in total. The van der Waals surface area contributed by atoms with E-state index in [-0.39, 0.29) is 11.9 Å². The summed E-state index contributed by atoms with van der Waals surface area (Å²) in [6.45, 7) is 3.94. The molecule has 1 fully saturated rings. The van der Waals surface area contributed by atoms with Crippen molar-refractivity contribution in [3.63, 3.8) is 0 Å². The number of hydrogen-bond donors (Lipinski definition) is 1. The van der Waals surface area contributed by atoms with E-state index in [1.807, 2.05) is 38.1 Å². The van der Waals surface area contributed by atoms with Crippen LogP contribution in [0.2, 0.25) is 5.02 Å². The number of carbonyl (C=O) groups is 1. The first-order valence-electron chi connectivity index (χ1n) is 9.23. The number of aryl methyl sites for hydroxylation is 2. The van der Waals surface area contributed by atoms with Gasteiger partial charge in [0.15, 0.2) is 0 Å². The minimum atomic E-state index is 0.0549. The van der Waals surface area contributed by atoms with Crippen LogP contribution in [0.1, 0.15) is 47.8 Å². The molecule has 140 valence electrons. The van der Waals surface area contributed by atoms with Crippen LogP contribution in [0, 0.1) is 19.8 Å². The van der Waals surface area contributed by atoms with Gasteiger partial charge in [0, 0.05) is 22.8 Å². The van der Waals surface area contributed by atoms with Crippen LogP contribution in [0.15, 0.2) is 30.6 Å². The fourth-order valence-electron chi connectivity index (χ4n) is 3.57. The Morgan fingerprint density at radius 2 is 2.04 bits per heavy atom. The zero-order valence-electron chi connectivity index (χ0n) is 15.4. The average molecular weight is 384 g/mol. The van der Waals surface area contributed by atoms with Gasteiger partial charge in [0.05, 0.1) is 6.04 Å². The normalized spacial score (nSPS) is 15.1. The molecular formula is C20H22ClN5O. The van der Waals surface area contributed by atoms with E-state index in [4.69, 9.17) is 11.6 Å². The van der Waals surface area contributed by atoms with Gasteiger partial charge in [0.1, 0.15) is 6.33 Å². The number of halogens is 1. The summed E-state index contributed by atoms with van der Waals surface area (Å²) in [5.41, 5.74) is 4.06. The molecule has 0 bridgehead atoms. The Balaban J connectivity index is 1.45. The highest BCUT2D eigenvalue weighted by Gasteiger charge is 2.33. The Hall–Kier alpha value is -2.47. The molecule has 6 nitrogen and oxygen atoms in total. The molecule has 0 saturated heterocycles. The quantitative estimate of drug-likeness (QED) is 0.706. The van der Waals surface area contributed by atoms with Gasteiger partial charge in [-0.05, 0) is 62.3 Å². The molecule has 0 spiro atoms. The molecule has 1 atom stereocenters. The van der Waals surface area contributed by atoms with Crippen molar-refractivity contribution in [2.24, 2.45) is 5.92 Å². The predicted octanol–water partition coefficient (Wildman–Crippen LogP) is 3.59. The lowest BCUT2D eigenvalue weighted by molar-refractivity contribution is -0.122. The topological polar surface area (TPSA) is 72.2 Å². The number of aromatic nitrogens is 4. The third kappa shape index (κ3) is 3.81. The molecule has 27 heavy (non-hydrogen) atoms. The van der Waals surface area contributed by atoms with Crippen LogP contribution in [0.5, 0.6) is 0 Å². The smallest absolute Gasteiger partial charge is 0.252 e. The molecule has 1 aliphatic carbocycles. The monoisotopic (exact) mass is 383 g/mol. The van der Waals surface area contributed by atoms with Crippen molar-refractivity contribution in [3.8, 4) is 0 Å². The number of amides is 1. The van der Waals surface area contributed by atoms with Gasteiger partial charge in [-0.2, -0.15) is 10.1 Å². The van der Waals surface area contributed by atoms with E-state index in [9.17, 15) is 4.79 Å². The molecule has 3 aromatic rings. The van der Waals surface area contributed by atoms with Crippen LogP contribution in [0.25, 0.3) is 5.78 Å². The van der Waals surface area contributed by atoms with E-state index in [0.29, 0.717) is 29.6 Å². The number of carbonyl (C=O) groups excluding carboxylic acids is 1. The van der Waals surface area contributed by atoms with E-state index in [1.165, 1.54) is 6.33 Å². The molecular weight excluding hydrogens is 362 g/mol. The predicted molar refractivity (Wildman–Crippen MR) is 104 cm³/mol. The summed E-state index contributed by atoms with van der Waals surface area (Å²) in [7, 11) is 0. The van der Waals surface area contributed by atoms with Gasteiger partial charge in [0.25, 0.3) is 5.78 Å². The fraction of sp³-hybridized carbons (Fsp3) is 0.400. The molecule has 7 heteroatoms. The molecule has 1 amide bonds. The molecule has 4 rings (SSSR count). The highest BCUT2D eigenvalue weighted by atomic mass is 35.5. The summed E-state index contributed by atoms with van der Waals surface area (Å²) in [4.78, 5) is 21.3. The lowest BCUT2D eigenvalue weighted by atomic mass is 10.0. The first kappa shape index (κ1) is 17.9. The summed E-state index contributed by atoms with van der Waals surface area (Å²) >= 11 is 5.99. The zero-order valence-corrected chi connectivity index (χ0v) is 16.2. The van der Waals surface area contributed by atoms with Crippen LogP contribution in [-0.4, -0.2) is 25.5 Å². The average Bonchev–Trinajstić information content (AvgIpc) is 3.38. The van der Waals surface area contributed by atoms with Crippen molar-refractivity contribution in [2.75, 3.05) is 0 Å². The third-order valence-electron chi connectivity index (χ3n) is 5.23. The standard InChI is InChI=1S/C20H22ClN5O/c1-12-17(13(2)26-20(24-12)22-11-23-26)9-10-18(27)25-19(14-3-4-14)15-5-7-16(21)8-6-15/h5-8,11,14,19H,3-4,9-10H2,1-2H3,(H,25,27)/t19-/m0/s1. The fourth-order valence-corrected chi connectivity index (χ4v) is 3.70. The molecule has 2 aromatic heterocycles. The Morgan fingerprint density at radius 3 is 2.74 bits per heavy atom. The summed E-state index contributed by atoms with van der Waals surface area (Å²) in [5, 5.41) is 8.13. The SMILES string of the molecule is Cc1nc2ncnn2c(C)c1CCC(=O)N[C@H](c1ccc(Cl)cc1)C1CC1. The van der Waals surface area contributed by atoms with Crippen LogP contribution < -0.4 is 5.32 Å². The minimum absolute atomic E-state index is 0.0549. The highest BCUT2D eigenvalue weighted by molar-refractivity contribution is 6.30. The Labute approximate surface area is 163 Å². The van der Waals surface area contributed by atoms with Gasteiger partial charge in [0.2, 0.25) is 5.91 Å². The second-order valence-corrected chi connectivity index (χ2v) is 7.60. The van der Waals surface area contributed by atoms with Crippen LogP contribution in [0.4, 0.5) is 0 Å². The van der Waals surface area contributed by atoms with Gasteiger partial charge < -0.3 is 5.32 Å². The number of rotatable bonds is 6. The summed E-state index contributed by atoms with van der Waals surface area (Å²) < 4.78 is 1.72. The lowest BCUT2D eigenvalue weighted by Crippen LogP contribution is -2.30. The second-order valence-electron chi connectivity index (χ2n) is 7.17. The first-order valence-corrected chi connectivity index (χ1v) is 9.61. The van der Waals surface area contributed by atoms with Crippen molar-refractivity contribution >= 4 is 23.3 Å². The Bertz CT molecular complexity index is 978. The van der Waals surface area contributed by atoms with Crippen molar-refractivity contribution in [1.29, 1.82) is 0 Å². The molecule has 1 aromatic carbocycles. The number of benzene rings is 1. The number of nitrogens with zero attached hydrogens (tertiary/aromatic N) is 4. The van der Waals surface area contributed by atoms with E-state index in [2.05, 4.69) is 20.4 Å². The van der Waals surface area contributed by atoms with Gasteiger partial charge in [-0.3, -0.25) is 4.79 Å². The van der Waals surface area contributed by atoms with E-state index in [1.54, 1.807) is 4.52 Å². The zero-order chi connectivity index (χ0) is 19.0. The lowest BCUT2D eigenvalue weighted by Gasteiger charge is -2.19. The molecule has 0 aliphatic heterocycles. The summed E-state index contributed by atoms with van der Waals surface area (Å²) in [6.07, 6.45) is 4.85. The van der Waals surface area contributed by atoms with Crippen molar-refractivity contribution < 1.29 is 4.79 Å². The van der Waals surface area contributed by atoms with Gasteiger partial charge >= 0.3 is 0 Å². The van der Waals surface area contributed by atoms with Crippen molar-refractivity contribution in [1.82, 2.24) is 24.9 Å². The maximum Gasteiger partial charge on any atom is 0.252 e. The van der Waals surface area contributed by atoms with E-state index in [0.717, 1.165) is 35.4 Å². The summed E-state index contributed by atoms with van der Waals surface area (Å²) in [5.74, 6) is 1.17. The Morgan fingerprint density at radius 1 is 1.30 bits per heavy atom. The maximum absolute atomic E-state index is 12.6. The van der Waals surface area contributed by atoms with E-state index >= 15 is 0 Å². The summed E-state index contributed by atoms with van der Waals surface area (Å²) in [6, 6.07) is 7.83. The van der Waals surface area contributed by atoms with Crippen molar-refractivity contribution in [2.45, 2.75) is 45.6 Å². The van der Waals surface area contributed by atoms with Crippen LogP contribution >= 0.6 is 11.6 Å². The number of fused-ring (bicyclic) bond motifs is 1. The van der Waals surface area contributed by atoms with Crippen molar-refractivity contribution in [3.05, 3.63) is 58.1 Å². The third-order valence-corrected chi connectivity index (χ3v) is 5.48. The number of hydrogen-bond acceptors (Lipinski definition) is 4. The molecule has 2 heterocycles. The molecule has 1 aliphatic rings. The minimum Gasteiger partial charge on any atom is -0.349 e. The molecule has 0 unspecified atom stereocenters. The molecule has 0 radical (unpaired) electrons. The molecule has 1 saturated carbocycles. The van der Waals surface area contributed by atoms with Crippen LogP contribution in [0.3, 0.4) is 0 Å². The second kappa shape index (κ2) is 7.27. The Kier molecular flexibility index (Phi) is 4.83. The van der Waals surface area contributed by atoms with Gasteiger partial charge in [-0.15, -0.1) is 0 Å². The van der Waals surface area contributed by atoms with Crippen LogP contribution in [-0.2, 0) is 11.2 Å². The largest absolute Gasteiger partial charge is 0.349 e. The maximum atomic E-state index is 12.6. The highest BCUT2D eigenvalue weighted by Crippen LogP contribution is 2.41. The van der Waals surface area contributed by atoms with Gasteiger partial charge in [-0.25, -0.2) is 9.50 Å². The van der Waals surface area contributed by atoms with Gasteiger partial charge in [-0.1, -0.05) is 23.7 Å². The van der Waals surface area contributed by atoms with E-state index < -0.39 is 0 Å². The first-order chi connectivity index (χ1) is 13.0.